The van der Waals surface area contributed by atoms with Crippen LogP contribution < -0.4 is 20.9 Å². The Hall–Kier alpha value is -4.13. The third kappa shape index (κ3) is 6.93. The Balaban J connectivity index is 1.55. The minimum absolute atomic E-state index is 0.240. The highest BCUT2D eigenvalue weighted by molar-refractivity contribution is 6.04. The summed E-state index contributed by atoms with van der Waals surface area (Å²) in [5.41, 5.74) is 7.35. The van der Waals surface area contributed by atoms with Crippen molar-refractivity contribution in [2.24, 2.45) is 0 Å². The van der Waals surface area contributed by atoms with Crippen LogP contribution in [0, 0.1) is 0 Å². The van der Waals surface area contributed by atoms with E-state index in [1.54, 1.807) is 48.5 Å². The lowest BCUT2D eigenvalue weighted by atomic mass is 9.98. The monoisotopic (exact) mass is 473 g/mol. The van der Waals surface area contributed by atoms with Gasteiger partial charge in [0.15, 0.2) is 6.10 Å². The predicted octanol–water partition coefficient (Wildman–Crippen LogP) is 5.07. The van der Waals surface area contributed by atoms with E-state index in [4.69, 9.17) is 4.74 Å². The van der Waals surface area contributed by atoms with Crippen LogP contribution in [-0.4, -0.2) is 23.8 Å². The summed E-state index contributed by atoms with van der Waals surface area (Å²) in [5.74, 6) is -0.188. The van der Waals surface area contributed by atoms with Gasteiger partial charge in [-0.2, -0.15) is 0 Å². The minimum atomic E-state index is -0.754. The number of para-hydroxylation sites is 1. The first-order valence-electron chi connectivity index (χ1n) is 11.7. The maximum atomic E-state index is 12.7. The molecule has 0 saturated carbocycles. The molecule has 0 aromatic heterocycles. The van der Waals surface area contributed by atoms with E-state index in [2.05, 4.69) is 30.0 Å². The molecular formula is C28H31N3O4. The lowest BCUT2D eigenvalue weighted by Crippen LogP contribution is -2.48. The van der Waals surface area contributed by atoms with E-state index in [0.717, 1.165) is 12.0 Å². The molecule has 0 spiro atoms. The molecule has 182 valence electrons. The van der Waals surface area contributed by atoms with Crippen molar-refractivity contribution in [2.45, 2.75) is 45.6 Å². The summed E-state index contributed by atoms with van der Waals surface area (Å²) < 4.78 is 6.00. The molecule has 0 fully saturated rings. The van der Waals surface area contributed by atoms with Gasteiger partial charge in [-0.15, -0.1) is 0 Å². The molecule has 35 heavy (non-hydrogen) atoms. The second-order valence-electron chi connectivity index (χ2n) is 8.20. The molecule has 0 bridgehead atoms. The lowest BCUT2D eigenvalue weighted by molar-refractivity contribution is -0.128. The molecule has 0 aliphatic rings. The third-order valence-corrected chi connectivity index (χ3v) is 5.73. The number of carbonyl (C=O) groups is 3. The zero-order valence-electron chi connectivity index (χ0n) is 20.2. The summed E-state index contributed by atoms with van der Waals surface area (Å²) in [4.78, 5) is 37.4. The zero-order valence-corrected chi connectivity index (χ0v) is 20.2. The Morgan fingerprint density at radius 2 is 1.37 bits per heavy atom. The second kappa shape index (κ2) is 12.4. The SMILES string of the molecule is CCC(Oc1ccccc1C(C)CC)C(=O)NNC(=O)c1ccc(NC(=O)c2ccccc2)cc1. The number of ether oxygens (including phenoxy) is 1. The van der Waals surface area contributed by atoms with Crippen LogP contribution in [0.5, 0.6) is 5.75 Å². The molecule has 3 rings (SSSR count). The molecule has 0 saturated heterocycles. The van der Waals surface area contributed by atoms with Crippen molar-refractivity contribution >= 4 is 23.4 Å². The van der Waals surface area contributed by atoms with Crippen molar-refractivity contribution in [2.75, 3.05) is 5.32 Å². The highest BCUT2D eigenvalue weighted by Crippen LogP contribution is 2.29. The van der Waals surface area contributed by atoms with Gasteiger partial charge in [0.1, 0.15) is 5.75 Å². The quantitative estimate of drug-likeness (QED) is 0.378. The maximum Gasteiger partial charge on any atom is 0.279 e. The Bertz CT molecular complexity index is 1150. The summed E-state index contributed by atoms with van der Waals surface area (Å²) in [6.45, 7) is 6.06. The van der Waals surface area contributed by atoms with Gasteiger partial charge in [-0.1, -0.05) is 57.2 Å². The summed E-state index contributed by atoms with van der Waals surface area (Å²) in [5, 5.41) is 2.78. The van der Waals surface area contributed by atoms with Crippen molar-refractivity contribution in [3.8, 4) is 5.75 Å². The fourth-order valence-electron chi connectivity index (χ4n) is 3.46. The predicted molar refractivity (Wildman–Crippen MR) is 136 cm³/mol. The average Bonchev–Trinajstić information content (AvgIpc) is 2.90. The summed E-state index contributed by atoms with van der Waals surface area (Å²) in [7, 11) is 0. The molecule has 3 aromatic carbocycles. The first kappa shape index (κ1) is 25.5. The minimum Gasteiger partial charge on any atom is -0.480 e. The van der Waals surface area contributed by atoms with Crippen LogP contribution in [0.2, 0.25) is 0 Å². The molecular weight excluding hydrogens is 442 g/mol. The Kier molecular flexibility index (Phi) is 9.01. The topological polar surface area (TPSA) is 96.5 Å². The third-order valence-electron chi connectivity index (χ3n) is 5.73. The summed E-state index contributed by atoms with van der Waals surface area (Å²) in [6, 6.07) is 22.9. The summed E-state index contributed by atoms with van der Waals surface area (Å²) in [6.07, 6.45) is 0.636. The van der Waals surface area contributed by atoms with Gasteiger partial charge >= 0.3 is 0 Å². The molecule has 0 aliphatic heterocycles. The molecule has 2 unspecified atom stereocenters. The van der Waals surface area contributed by atoms with Crippen LogP contribution in [0.3, 0.4) is 0 Å². The summed E-state index contributed by atoms with van der Waals surface area (Å²) >= 11 is 0. The van der Waals surface area contributed by atoms with Crippen LogP contribution in [0.25, 0.3) is 0 Å². The van der Waals surface area contributed by atoms with Gasteiger partial charge in [0.2, 0.25) is 0 Å². The lowest BCUT2D eigenvalue weighted by Gasteiger charge is -2.21. The van der Waals surface area contributed by atoms with Gasteiger partial charge < -0.3 is 10.1 Å². The van der Waals surface area contributed by atoms with Gasteiger partial charge in [-0.05, 0) is 66.8 Å². The van der Waals surface area contributed by atoms with Crippen LogP contribution in [0.4, 0.5) is 5.69 Å². The number of hydrogen-bond acceptors (Lipinski definition) is 4. The second-order valence-corrected chi connectivity index (χ2v) is 8.20. The fraction of sp³-hybridized carbons (Fsp3) is 0.250. The van der Waals surface area contributed by atoms with E-state index in [-0.39, 0.29) is 5.91 Å². The van der Waals surface area contributed by atoms with Crippen LogP contribution in [0.1, 0.15) is 65.8 Å². The Morgan fingerprint density at radius 3 is 2.03 bits per heavy atom. The van der Waals surface area contributed by atoms with Crippen molar-refractivity contribution < 1.29 is 19.1 Å². The number of anilines is 1. The normalized spacial score (nSPS) is 12.2. The van der Waals surface area contributed by atoms with E-state index in [0.29, 0.717) is 34.9 Å². The molecule has 7 nitrogen and oxygen atoms in total. The standard InChI is InChI=1S/C28H31N3O4/c1-4-19(3)23-13-9-10-14-25(23)35-24(5-2)28(34)31-30-27(33)21-15-17-22(18-16-21)29-26(32)20-11-7-6-8-12-20/h6-19,24H,4-5H2,1-3H3,(H,29,32)(H,30,33)(H,31,34). The highest BCUT2D eigenvalue weighted by atomic mass is 16.5. The number of rotatable bonds is 9. The van der Waals surface area contributed by atoms with E-state index < -0.39 is 17.9 Å². The Morgan fingerprint density at radius 1 is 0.743 bits per heavy atom. The smallest absolute Gasteiger partial charge is 0.279 e. The number of hydrazine groups is 1. The molecule has 3 N–H and O–H groups in total. The number of nitrogens with one attached hydrogen (secondary N) is 3. The number of carbonyl (C=O) groups excluding carboxylic acids is 3. The zero-order chi connectivity index (χ0) is 25.2. The average molecular weight is 474 g/mol. The molecule has 0 radical (unpaired) electrons. The van der Waals surface area contributed by atoms with Gasteiger partial charge in [0.05, 0.1) is 0 Å². The van der Waals surface area contributed by atoms with Crippen molar-refractivity contribution in [3.05, 3.63) is 95.6 Å². The Labute approximate surface area is 205 Å². The van der Waals surface area contributed by atoms with Crippen molar-refractivity contribution in [1.82, 2.24) is 10.9 Å². The van der Waals surface area contributed by atoms with Gasteiger partial charge in [0, 0.05) is 16.8 Å². The molecule has 3 amide bonds. The maximum absolute atomic E-state index is 12.7. The van der Waals surface area contributed by atoms with Gasteiger partial charge in [0.25, 0.3) is 17.7 Å². The fourth-order valence-corrected chi connectivity index (χ4v) is 3.46. The van der Waals surface area contributed by atoms with E-state index in [9.17, 15) is 14.4 Å². The van der Waals surface area contributed by atoms with E-state index >= 15 is 0 Å². The highest BCUT2D eigenvalue weighted by Gasteiger charge is 2.21. The van der Waals surface area contributed by atoms with Gasteiger partial charge in [-0.25, -0.2) is 0 Å². The van der Waals surface area contributed by atoms with Crippen LogP contribution in [-0.2, 0) is 4.79 Å². The number of benzene rings is 3. The molecule has 3 aromatic rings. The first-order valence-corrected chi connectivity index (χ1v) is 11.7. The van der Waals surface area contributed by atoms with Crippen LogP contribution in [0.15, 0.2) is 78.9 Å². The first-order chi connectivity index (χ1) is 16.9. The number of hydrogen-bond donors (Lipinski definition) is 3. The van der Waals surface area contributed by atoms with Gasteiger partial charge in [-0.3, -0.25) is 25.2 Å². The molecule has 0 heterocycles. The van der Waals surface area contributed by atoms with Crippen molar-refractivity contribution in [1.29, 1.82) is 0 Å². The molecule has 7 heteroatoms. The number of amides is 3. The molecule has 0 aliphatic carbocycles. The van der Waals surface area contributed by atoms with E-state index in [1.807, 2.05) is 37.3 Å². The van der Waals surface area contributed by atoms with E-state index in [1.165, 1.54) is 0 Å². The van der Waals surface area contributed by atoms with Crippen molar-refractivity contribution in [3.63, 3.8) is 0 Å². The largest absolute Gasteiger partial charge is 0.480 e. The van der Waals surface area contributed by atoms with Crippen LogP contribution >= 0.6 is 0 Å². The molecule has 2 atom stereocenters.